The smallest absolute Gasteiger partial charge is 0.130 e. The predicted molar refractivity (Wildman–Crippen MR) is 71.9 cm³/mol. The highest BCUT2D eigenvalue weighted by Crippen LogP contribution is 2.18. The van der Waals surface area contributed by atoms with E-state index in [1.807, 2.05) is 24.3 Å². The highest BCUT2D eigenvalue weighted by atomic mass is 15.0. The van der Waals surface area contributed by atoms with Crippen LogP contribution in [0.4, 0.5) is 11.5 Å². The van der Waals surface area contributed by atoms with Crippen LogP contribution in [0.15, 0.2) is 49.8 Å². The van der Waals surface area contributed by atoms with Gasteiger partial charge in [0.1, 0.15) is 5.82 Å². The molecule has 0 aliphatic carbocycles. The second-order valence-corrected chi connectivity index (χ2v) is 3.45. The van der Waals surface area contributed by atoms with Crippen LogP contribution in [0.1, 0.15) is 11.3 Å². The Bertz CT molecular complexity index is 532. The summed E-state index contributed by atoms with van der Waals surface area (Å²) in [5.74, 6) is 0.788. The van der Waals surface area contributed by atoms with E-state index in [9.17, 15) is 0 Å². The van der Waals surface area contributed by atoms with Crippen LogP contribution in [0.2, 0.25) is 0 Å². The first kappa shape index (κ1) is 11.1. The van der Waals surface area contributed by atoms with Gasteiger partial charge in [0, 0.05) is 11.8 Å². The molecule has 0 aliphatic rings. The van der Waals surface area contributed by atoms with Gasteiger partial charge in [-0.05, 0) is 24.3 Å². The predicted octanol–water partition coefficient (Wildman–Crippen LogP) is 3.51. The first-order valence-electron chi connectivity index (χ1n) is 5.26. The zero-order valence-electron chi connectivity index (χ0n) is 9.43. The third-order valence-electron chi connectivity index (χ3n) is 2.30. The van der Waals surface area contributed by atoms with E-state index < -0.39 is 0 Å². The number of rotatable bonds is 4. The third kappa shape index (κ3) is 2.58. The van der Waals surface area contributed by atoms with Gasteiger partial charge in [0.2, 0.25) is 0 Å². The minimum Gasteiger partial charge on any atom is -0.339 e. The molecule has 0 fully saturated rings. The van der Waals surface area contributed by atoms with Crippen LogP contribution >= 0.6 is 0 Å². The quantitative estimate of drug-likeness (QED) is 0.861. The third-order valence-corrected chi connectivity index (χ3v) is 2.30. The molecular formula is C14H13N3. The van der Waals surface area contributed by atoms with Crippen molar-refractivity contribution >= 4 is 23.7 Å². The van der Waals surface area contributed by atoms with E-state index in [1.54, 1.807) is 24.5 Å². The van der Waals surface area contributed by atoms with Gasteiger partial charge in [-0.25, -0.2) is 4.98 Å². The van der Waals surface area contributed by atoms with Crippen LogP contribution in [0, 0.1) is 0 Å². The standard InChI is InChI=1S/C14H13N3/c1-3-11-9-12(10-16-13(11)4-2)17-14-7-5-6-8-15-14/h3-10H,1-2H2,(H,15,17). The van der Waals surface area contributed by atoms with E-state index >= 15 is 0 Å². The maximum atomic E-state index is 4.28. The number of hydrogen-bond donors (Lipinski definition) is 1. The number of anilines is 2. The van der Waals surface area contributed by atoms with Crippen molar-refractivity contribution in [3.63, 3.8) is 0 Å². The van der Waals surface area contributed by atoms with E-state index in [2.05, 4.69) is 28.4 Å². The summed E-state index contributed by atoms with van der Waals surface area (Å²) in [5.41, 5.74) is 2.65. The maximum Gasteiger partial charge on any atom is 0.130 e. The Kier molecular flexibility index (Phi) is 3.31. The van der Waals surface area contributed by atoms with Crippen molar-refractivity contribution in [1.29, 1.82) is 0 Å². The van der Waals surface area contributed by atoms with Gasteiger partial charge < -0.3 is 5.32 Å². The summed E-state index contributed by atoms with van der Waals surface area (Å²) in [4.78, 5) is 8.47. The average molecular weight is 223 g/mol. The van der Waals surface area contributed by atoms with Crippen molar-refractivity contribution in [3.05, 3.63) is 61.1 Å². The molecule has 2 rings (SSSR count). The molecule has 0 aliphatic heterocycles. The molecule has 0 radical (unpaired) electrons. The van der Waals surface area contributed by atoms with E-state index in [0.29, 0.717) is 0 Å². The normalized spacial score (nSPS) is 9.65. The fraction of sp³-hybridized carbons (Fsp3) is 0. The summed E-state index contributed by atoms with van der Waals surface area (Å²) in [7, 11) is 0. The zero-order valence-corrected chi connectivity index (χ0v) is 9.43. The summed E-state index contributed by atoms with van der Waals surface area (Å²) in [6.07, 6.45) is 6.95. The van der Waals surface area contributed by atoms with Crippen molar-refractivity contribution < 1.29 is 0 Å². The molecule has 3 heteroatoms. The first-order valence-corrected chi connectivity index (χ1v) is 5.26. The van der Waals surface area contributed by atoms with Crippen molar-refractivity contribution in [3.8, 4) is 0 Å². The molecule has 3 nitrogen and oxygen atoms in total. The van der Waals surface area contributed by atoms with E-state index in [1.165, 1.54) is 0 Å². The van der Waals surface area contributed by atoms with E-state index in [0.717, 1.165) is 22.8 Å². The van der Waals surface area contributed by atoms with Gasteiger partial charge in [-0.15, -0.1) is 0 Å². The van der Waals surface area contributed by atoms with Crippen LogP contribution in [0.3, 0.4) is 0 Å². The van der Waals surface area contributed by atoms with E-state index in [4.69, 9.17) is 0 Å². The number of nitrogens with zero attached hydrogens (tertiary/aromatic N) is 2. The molecule has 0 aromatic carbocycles. The monoisotopic (exact) mass is 223 g/mol. The summed E-state index contributed by atoms with van der Waals surface area (Å²) in [6, 6.07) is 7.66. The Morgan fingerprint density at radius 2 is 2.00 bits per heavy atom. The Balaban J connectivity index is 2.28. The summed E-state index contributed by atoms with van der Waals surface area (Å²) >= 11 is 0. The van der Waals surface area contributed by atoms with Gasteiger partial charge in [0.25, 0.3) is 0 Å². The molecule has 0 amide bonds. The molecule has 0 saturated carbocycles. The Morgan fingerprint density at radius 1 is 1.12 bits per heavy atom. The highest BCUT2D eigenvalue weighted by molar-refractivity contribution is 5.66. The lowest BCUT2D eigenvalue weighted by Crippen LogP contribution is -1.95. The number of aromatic nitrogens is 2. The molecule has 0 saturated heterocycles. The molecule has 2 aromatic heterocycles. The van der Waals surface area contributed by atoms with Crippen molar-refractivity contribution in [2.24, 2.45) is 0 Å². The molecule has 0 unspecified atom stereocenters. The molecule has 2 aromatic rings. The van der Waals surface area contributed by atoms with E-state index in [-0.39, 0.29) is 0 Å². The first-order chi connectivity index (χ1) is 8.33. The topological polar surface area (TPSA) is 37.8 Å². The number of pyridine rings is 2. The minimum atomic E-state index is 0.788. The fourth-order valence-electron chi connectivity index (χ4n) is 1.48. The minimum absolute atomic E-state index is 0.788. The Morgan fingerprint density at radius 3 is 2.65 bits per heavy atom. The van der Waals surface area contributed by atoms with Gasteiger partial charge in [0.15, 0.2) is 0 Å². The van der Waals surface area contributed by atoms with Gasteiger partial charge >= 0.3 is 0 Å². The second-order valence-electron chi connectivity index (χ2n) is 3.45. The molecule has 2 heterocycles. The zero-order chi connectivity index (χ0) is 12.1. The fourth-order valence-corrected chi connectivity index (χ4v) is 1.48. The van der Waals surface area contributed by atoms with Gasteiger partial charge in [-0.1, -0.05) is 25.3 Å². The van der Waals surface area contributed by atoms with Crippen molar-refractivity contribution in [2.75, 3.05) is 5.32 Å². The molecule has 0 bridgehead atoms. The lowest BCUT2D eigenvalue weighted by Gasteiger charge is -2.07. The molecule has 1 N–H and O–H groups in total. The molecular weight excluding hydrogens is 210 g/mol. The van der Waals surface area contributed by atoms with Gasteiger partial charge in [0.05, 0.1) is 17.6 Å². The van der Waals surface area contributed by atoms with Gasteiger partial charge in [-0.2, -0.15) is 0 Å². The van der Waals surface area contributed by atoms with Crippen LogP contribution in [-0.2, 0) is 0 Å². The summed E-state index contributed by atoms with van der Waals surface area (Å²) in [6.45, 7) is 7.47. The summed E-state index contributed by atoms with van der Waals surface area (Å²) < 4.78 is 0. The molecule has 0 atom stereocenters. The second kappa shape index (κ2) is 5.07. The van der Waals surface area contributed by atoms with Crippen LogP contribution < -0.4 is 5.32 Å². The van der Waals surface area contributed by atoms with Gasteiger partial charge in [-0.3, -0.25) is 4.98 Å². The average Bonchev–Trinajstić information content (AvgIpc) is 2.40. The van der Waals surface area contributed by atoms with Crippen LogP contribution in [-0.4, -0.2) is 9.97 Å². The SMILES string of the molecule is C=Cc1cc(Nc2ccccn2)cnc1C=C. The number of nitrogens with one attached hydrogen (secondary N) is 1. The Hall–Kier alpha value is -2.42. The molecule has 84 valence electrons. The van der Waals surface area contributed by atoms with Crippen molar-refractivity contribution in [1.82, 2.24) is 9.97 Å². The lowest BCUT2D eigenvalue weighted by atomic mass is 10.2. The number of hydrogen-bond acceptors (Lipinski definition) is 3. The largest absolute Gasteiger partial charge is 0.339 e. The summed E-state index contributed by atoms with van der Waals surface area (Å²) in [5, 5.41) is 3.17. The van der Waals surface area contributed by atoms with Crippen molar-refractivity contribution in [2.45, 2.75) is 0 Å². The maximum absolute atomic E-state index is 4.28. The Labute approximate surface area is 101 Å². The van der Waals surface area contributed by atoms with Crippen LogP contribution in [0.5, 0.6) is 0 Å². The molecule has 17 heavy (non-hydrogen) atoms. The molecule has 0 spiro atoms. The van der Waals surface area contributed by atoms with Crippen LogP contribution in [0.25, 0.3) is 12.2 Å². The highest BCUT2D eigenvalue weighted by Gasteiger charge is 2.00. The lowest BCUT2D eigenvalue weighted by molar-refractivity contribution is 1.26.